The maximum Gasteiger partial charge on any atom is 0.0654 e. The Morgan fingerprint density at radius 2 is 1.87 bits per heavy atom. The van der Waals surface area contributed by atoms with Crippen molar-refractivity contribution in [2.75, 3.05) is 0 Å². The van der Waals surface area contributed by atoms with Crippen LogP contribution >= 0.6 is 0 Å². The Labute approximate surface area is 139 Å². The highest BCUT2D eigenvalue weighted by Gasteiger charge is 2.11. The second kappa shape index (κ2) is 7.67. The number of nitrogens with zero attached hydrogens (tertiary/aromatic N) is 1. The van der Waals surface area contributed by atoms with Gasteiger partial charge in [0, 0.05) is 12.4 Å². The van der Waals surface area contributed by atoms with Gasteiger partial charge in [-0.05, 0) is 49.4 Å². The minimum Gasteiger partial charge on any atom is -0.360 e. The molecule has 3 heteroatoms. The average molecular weight is 311 g/mol. The standard InChI is InChI=1S/C20H29N3/c1-3-16-12-19(22-13-16)20-15(2)11-18(23-20)14-21-17-9-7-5-4-6-8-10-17/h11-14,17,22-23H,3-10H2,1-2H3. The monoisotopic (exact) mass is 311 g/mol. The van der Waals surface area contributed by atoms with Crippen molar-refractivity contribution in [3.05, 3.63) is 35.2 Å². The number of aliphatic imine (C=N–C) groups is 1. The molecule has 1 saturated carbocycles. The van der Waals surface area contributed by atoms with Gasteiger partial charge in [0.1, 0.15) is 0 Å². The summed E-state index contributed by atoms with van der Waals surface area (Å²) < 4.78 is 0. The average Bonchev–Trinajstić information content (AvgIpc) is 3.12. The highest BCUT2D eigenvalue weighted by atomic mass is 14.8. The third-order valence-corrected chi connectivity index (χ3v) is 4.96. The van der Waals surface area contributed by atoms with E-state index in [-0.39, 0.29) is 0 Å². The number of aryl methyl sites for hydroxylation is 2. The number of aromatic amines is 2. The largest absolute Gasteiger partial charge is 0.360 e. The third-order valence-electron chi connectivity index (χ3n) is 4.96. The zero-order valence-corrected chi connectivity index (χ0v) is 14.5. The van der Waals surface area contributed by atoms with Gasteiger partial charge in [-0.25, -0.2) is 0 Å². The first-order chi connectivity index (χ1) is 11.3. The number of nitrogens with one attached hydrogen (secondary N) is 2. The van der Waals surface area contributed by atoms with E-state index >= 15 is 0 Å². The van der Waals surface area contributed by atoms with Gasteiger partial charge in [0.05, 0.1) is 23.1 Å². The molecule has 124 valence electrons. The quantitative estimate of drug-likeness (QED) is 0.709. The zero-order chi connectivity index (χ0) is 16.1. The Morgan fingerprint density at radius 1 is 1.13 bits per heavy atom. The molecule has 0 saturated heterocycles. The molecule has 1 aliphatic rings. The number of hydrogen-bond acceptors (Lipinski definition) is 1. The molecular weight excluding hydrogens is 282 g/mol. The molecule has 0 bridgehead atoms. The van der Waals surface area contributed by atoms with Crippen molar-refractivity contribution in [1.29, 1.82) is 0 Å². The second-order valence-electron chi connectivity index (χ2n) is 6.83. The molecular formula is C20H29N3. The van der Waals surface area contributed by atoms with E-state index in [2.05, 4.69) is 42.1 Å². The lowest BCUT2D eigenvalue weighted by Gasteiger charge is -2.15. The van der Waals surface area contributed by atoms with Gasteiger partial charge in [0.15, 0.2) is 0 Å². The topological polar surface area (TPSA) is 43.9 Å². The van der Waals surface area contributed by atoms with Crippen LogP contribution in [0.25, 0.3) is 11.4 Å². The van der Waals surface area contributed by atoms with E-state index in [4.69, 9.17) is 4.99 Å². The van der Waals surface area contributed by atoms with Crippen LogP contribution in [0.5, 0.6) is 0 Å². The van der Waals surface area contributed by atoms with Crippen LogP contribution in [0, 0.1) is 6.92 Å². The van der Waals surface area contributed by atoms with Crippen molar-refractivity contribution >= 4 is 6.21 Å². The zero-order valence-electron chi connectivity index (χ0n) is 14.5. The lowest BCUT2D eigenvalue weighted by Crippen LogP contribution is -2.07. The number of hydrogen-bond donors (Lipinski definition) is 2. The molecule has 0 spiro atoms. The van der Waals surface area contributed by atoms with Gasteiger partial charge in [0.25, 0.3) is 0 Å². The van der Waals surface area contributed by atoms with Gasteiger partial charge in [-0.3, -0.25) is 4.99 Å². The van der Waals surface area contributed by atoms with Gasteiger partial charge in [-0.15, -0.1) is 0 Å². The minimum atomic E-state index is 0.513. The highest BCUT2D eigenvalue weighted by Crippen LogP contribution is 2.23. The molecule has 2 aromatic rings. The van der Waals surface area contributed by atoms with E-state index < -0.39 is 0 Å². The molecule has 0 amide bonds. The Kier molecular flexibility index (Phi) is 5.37. The van der Waals surface area contributed by atoms with Crippen molar-refractivity contribution < 1.29 is 0 Å². The predicted molar refractivity (Wildman–Crippen MR) is 98.4 cm³/mol. The van der Waals surface area contributed by atoms with Crippen LogP contribution in [0.2, 0.25) is 0 Å². The van der Waals surface area contributed by atoms with Crippen LogP contribution in [0.3, 0.4) is 0 Å². The molecule has 0 aromatic carbocycles. The van der Waals surface area contributed by atoms with Crippen LogP contribution in [0.1, 0.15) is 68.7 Å². The molecule has 1 aliphatic carbocycles. The SMILES string of the molecule is CCc1c[nH]c(-c2[nH]c(C=NC3CCCCCCC3)cc2C)c1. The Morgan fingerprint density at radius 3 is 2.57 bits per heavy atom. The van der Waals surface area contributed by atoms with Crippen LogP contribution in [0.15, 0.2) is 23.3 Å². The molecule has 3 rings (SSSR count). The molecule has 2 N–H and O–H groups in total. The number of rotatable bonds is 4. The maximum absolute atomic E-state index is 4.86. The van der Waals surface area contributed by atoms with Crippen LogP contribution in [-0.4, -0.2) is 22.2 Å². The van der Waals surface area contributed by atoms with E-state index in [1.165, 1.54) is 67.5 Å². The summed E-state index contributed by atoms with van der Waals surface area (Å²) in [7, 11) is 0. The summed E-state index contributed by atoms with van der Waals surface area (Å²) in [6.07, 6.45) is 14.5. The smallest absolute Gasteiger partial charge is 0.0654 e. The van der Waals surface area contributed by atoms with Crippen LogP contribution in [-0.2, 0) is 6.42 Å². The van der Waals surface area contributed by atoms with E-state index in [0.717, 1.165) is 12.1 Å². The molecule has 0 radical (unpaired) electrons. The summed E-state index contributed by atoms with van der Waals surface area (Å²) in [5, 5.41) is 0. The molecule has 0 aliphatic heterocycles. The third kappa shape index (κ3) is 4.15. The Bertz CT molecular complexity index is 640. The lowest BCUT2D eigenvalue weighted by molar-refractivity contribution is 0.456. The molecule has 0 unspecified atom stereocenters. The molecule has 23 heavy (non-hydrogen) atoms. The molecule has 2 heterocycles. The fourth-order valence-electron chi connectivity index (χ4n) is 3.49. The number of H-pyrrole nitrogens is 2. The molecule has 0 atom stereocenters. The number of aromatic nitrogens is 2. The van der Waals surface area contributed by atoms with Crippen molar-refractivity contribution in [2.24, 2.45) is 4.99 Å². The van der Waals surface area contributed by atoms with Crippen LogP contribution in [0.4, 0.5) is 0 Å². The fourth-order valence-corrected chi connectivity index (χ4v) is 3.49. The Hall–Kier alpha value is -1.77. The first-order valence-corrected chi connectivity index (χ1v) is 9.16. The van der Waals surface area contributed by atoms with Gasteiger partial charge in [-0.2, -0.15) is 0 Å². The second-order valence-corrected chi connectivity index (χ2v) is 6.83. The summed E-state index contributed by atoms with van der Waals surface area (Å²) in [6, 6.07) is 4.95. The lowest BCUT2D eigenvalue weighted by atomic mass is 9.97. The predicted octanol–water partition coefficient (Wildman–Crippen LogP) is 5.41. The summed E-state index contributed by atoms with van der Waals surface area (Å²) in [5.41, 5.74) is 6.09. The highest BCUT2D eigenvalue weighted by molar-refractivity contribution is 5.80. The van der Waals surface area contributed by atoms with Crippen molar-refractivity contribution in [3.8, 4) is 11.4 Å². The van der Waals surface area contributed by atoms with Gasteiger partial charge < -0.3 is 9.97 Å². The summed E-state index contributed by atoms with van der Waals surface area (Å²) >= 11 is 0. The van der Waals surface area contributed by atoms with Gasteiger partial charge >= 0.3 is 0 Å². The van der Waals surface area contributed by atoms with Gasteiger partial charge in [0.2, 0.25) is 0 Å². The summed E-state index contributed by atoms with van der Waals surface area (Å²) in [5.74, 6) is 0. The first-order valence-electron chi connectivity index (χ1n) is 9.16. The van der Waals surface area contributed by atoms with E-state index in [1.54, 1.807) is 0 Å². The fraction of sp³-hybridized carbons (Fsp3) is 0.550. The van der Waals surface area contributed by atoms with Crippen molar-refractivity contribution in [3.63, 3.8) is 0 Å². The molecule has 1 fully saturated rings. The minimum absolute atomic E-state index is 0.513. The van der Waals surface area contributed by atoms with E-state index in [0.29, 0.717) is 6.04 Å². The molecule has 3 nitrogen and oxygen atoms in total. The molecule has 2 aromatic heterocycles. The van der Waals surface area contributed by atoms with Crippen molar-refractivity contribution in [1.82, 2.24) is 9.97 Å². The normalized spacial score (nSPS) is 17.5. The van der Waals surface area contributed by atoms with Crippen LogP contribution < -0.4 is 0 Å². The van der Waals surface area contributed by atoms with Gasteiger partial charge in [-0.1, -0.05) is 39.0 Å². The van der Waals surface area contributed by atoms with Crippen molar-refractivity contribution in [2.45, 2.75) is 71.3 Å². The first kappa shape index (κ1) is 16.1. The van der Waals surface area contributed by atoms with E-state index in [1.807, 2.05) is 6.21 Å². The summed E-state index contributed by atoms with van der Waals surface area (Å²) in [6.45, 7) is 4.34. The van der Waals surface area contributed by atoms with E-state index in [9.17, 15) is 0 Å². The summed E-state index contributed by atoms with van der Waals surface area (Å²) in [4.78, 5) is 11.8. The Balaban J connectivity index is 1.71. The maximum atomic E-state index is 4.86.